The molecule has 170 valence electrons. The third-order valence-corrected chi connectivity index (χ3v) is 7.48. The van der Waals surface area contributed by atoms with Gasteiger partial charge in [0.05, 0.1) is 6.61 Å². The topological polar surface area (TPSA) is 36.0 Å². The highest BCUT2D eigenvalue weighted by Crippen LogP contribution is 2.37. The van der Waals surface area contributed by atoms with Crippen LogP contribution in [-0.4, -0.2) is 68.1 Å². The molecule has 3 fully saturated rings. The summed E-state index contributed by atoms with van der Waals surface area (Å²) in [5, 5.41) is 0. The lowest BCUT2D eigenvalue weighted by atomic mass is 10.0. The molecule has 5 nitrogen and oxygen atoms in total. The fourth-order valence-electron chi connectivity index (χ4n) is 5.68. The van der Waals surface area contributed by atoms with Crippen LogP contribution < -0.4 is 9.64 Å². The molecule has 0 radical (unpaired) electrons. The van der Waals surface area contributed by atoms with E-state index in [-0.39, 0.29) is 5.91 Å². The van der Waals surface area contributed by atoms with Crippen LogP contribution in [-0.2, 0) is 0 Å². The summed E-state index contributed by atoms with van der Waals surface area (Å²) in [6.07, 6.45) is 5.37. The first kappa shape index (κ1) is 21.3. The van der Waals surface area contributed by atoms with Crippen molar-refractivity contribution in [3.05, 3.63) is 60.2 Å². The number of fused-ring (bicyclic) bond motifs is 1. The van der Waals surface area contributed by atoms with Crippen molar-refractivity contribution in [1.82, 2.24) is 9.80 Å². The van der Waals surface area contributed by atoms with E-state index in [1.165, 1.54) is 38.0 Å². The molecule has 2 aromatic rings. The summed E-state index contributed by atoms with van der Waals surface area (Å²) >= 11 is 0. The molecule has 0 aromatic heterocycles. The minimum atomic E-state index is 0.115. The van der Waals surface area contributed by atoms with Crippen LogP contribution in [0.3, 0.4) is 0 Å². The number of rotatable bonds is 7. The van der Waals surface area contributed by atoms with Crippen molar-refractivity contribution in [3.63, 3.8) is 0 Å². The van der Waals surface area contributed by atoms with E-state index in [1.807, 2.05) is 35.2 Å². The van der Waals surface area contributed by atoms with E-state index in [0.717, 1.165) is 68.9 Å². The maximum atomic E-state index is 12.9. The number of amides is 1. The van der Waals surface area contributed by atoms with E-state index in [1.54, 1.807) is 0 Å². The maximum Gasteiger partial charge on any atom is 0.253 e. The van der Waals surface area contributed by atoms with Gasteiger partial charge in [-0.05, 0) is 67.5 Å². The predicted octanol–water partition coefficient (Wildman–Crippen LogP) is 4.15. The molecular weight excluding hydrogens is 398 g/mol. The second-order valence-electron chi connectivity index (χ2n) is 9.55. The minimum Gasteiger partial charge on any atom is -0.494 e. The number of benzene rings is 2. The fourth-order valence-corrected chi connectivity index (χ4v) is 5.68. The van der Waals surface area contributed by atoms with E-state index >= 15 is 0 Å². The van der Waals surface area contributed by atoms with E-state index < -0.39 is 0 Å². The predicted molar refractivity (Wildman–Crippen MR) is 128 cm³/mol. The normalized spacial score (nSPS) is 23.4. The molecular formula is C27H35N3O2. The molecule has 1 aliphatic carbocycles. The lowest BCUT2D eigenvalue weighted by Gasteiger charge is -2.36. The van der Waals surface area contributed by atoms with Gasteiger partial charge in [-0.25, -0.2) is 0 Å². The number of likely N-dealkylation sites (tertiary alicyclic amines) is 1. The number of para-hydroxylation sites is 1. The van der Waals surface area contributed by atoms with Crippen molar-refractivity contribution in [2.75, 3.05) is 57.3 Å². The molecule has 0 spiro atoms. The monoisotopic (exact) mass is 433 g/mol. The summed E-state index contributed by atoms with van der Waals surface area (Å²) in [6.45, 7) is 7.71. The molecule has 0 N–H and O–H groups in total. The van der Waals surface area contributed by atoms with Gasteiger partial charge in [-0.2, -0.15) is 0 Å². The Bertz CT molecular complexity index is 866. The number of hydrogen-bond donors (Lipinski definition) is 0. The number of ether oxygens (including phenoxy) is 1. The molecule has 5 rings (SSSR count). The Morgan fingerprint density at radius 2 is 1.56 bits per heavy atom. The van der Waals surface area contributed by atoms with E-state index in [4.69, 9.17) is 4.74 Å². The van der Waals surface area contributed by atoms with E-state index in [0.29, 0.717) is 0 Å². The average molecular weight is 434 g/mol. The highest BCUT2D eigenvalue weighted by molar-refractivity contribution is 5.94. The minimum absolute atomic E-state index is 0.115. The Morgan fingerprint density at radius 1 is 0.875 bits per heavy atom. The summed E-state index contributed by atoms with van der Waals surface area (Å²) in [5.41, 5.74) is 1.97. The Hall–Kier alpha value is -2.53. The number of nitrogens with zero attached hydrogens (tertiary/aromatic N) is 3. The molecule has 2 unspecified atom stereocenters. The van der Waals surface area contributed by atoms with Gasteiger partial charge in [0, 0.05) is 57.1 Å². The van der Waals surface area contributed by atoms with Crippen LogP contribution >= 0.6 is 0 Å². The van der Waals surface area contributed by atoms with E-state index in [9.17, 15) is 4.79 Å². The first-order chi connectivity index (χ1) is 15.8. The second-order valence-corrected chi connectivity index (χ2v) is 9.55. The molecule has 2 atom stereocenters. The highest BCUT2D eigenvalue weighted by atomic mass is 16.5. The van der Waals surface area contributed by atoms with Crippen LogP contribution in [0, 0.1) is 11.8 Å². The summed E-state index contributed by atoms with van der Waals surface area (Å²) in [6, 6.07) is 18.1. The van der Waals surface area contributed by atoms with Crippen LogP contribution in [0.1, 0.15) is 36.0 Å². The number of piperazine rings is 1. The standard InChI is InChI=1S/C27H35N3O2/c31-27(30-17-15-29(16-18-30)25-8-2-1-3-9-25)22-10-12-26(13-11-22)32-19-5-14-28-20-23-6-4-7-24(23)21-28/h1-3,8-13,23-24H,4-7,14-21H2. The first-order valence-corrected chi connectivity index (χ1v) is 12.3. The van der Waals surface area contributed by atoms with Gasteiger partial charge >= 0.3 is 0 Å². The van der Waals surface area contributed by atoms with Crippen LogP contribution in [0.25, 0.3) is 0 Å². The van der Waals surface area contributed by atoms with Gasteiger partial charge in [0.25, 0.3) is 5.91 Å². The summed E-state index contributed by atoms with van der Waals surface area (Å²) < 4.78 is 5.94. The van der Waals surface area contributed by atoms with Gasteiger partial charge in [-0.15, -0.1) is 0 Å². The molecule has 2 aliphatic heterocycles. The molecule has 2 aromatic carbocycles. The molecule has 1 amide bonds. The average Bonchev–Trinajstić information content (AvgIpc) is 3.45. The highest BCUT2D eigenvalue weighted by Gasteiger charge is 2.35. The zero-order valence-electron chi connectivity index (χ0n) is 19.0. The Morgan fingerprint density at radius 3 is 2.25 bits per heavy atom. The zero-order valence-corrected chi connectivity index (χ0v) is 19.0. The lowest BCUT2D eigenvalue weighted by Crippen LogP contribution is -2.48. The lowest BCUT2D eigenvalue weighted by molar-refractivity contribution is 0.0746. The molecule has 32 heavy (non-hydrogen) atoms. The van der Waals surface area contributed by atoms with Crippen molar-refractivity contribution in [1.29, 1.82) is 0 Å². The Kier molecular flexibility index (Phi) is 6.63. The van der Waals surface area contributed by atoms with Gasteiger partial charge in [-0.1, -0.05) is 24.6 Å². The quantitative estimate of drug-likeness (QED) is 0.615. The third-order valence-electron chi connectivity index (χ3n) is 7.48. The Balaban J connectivity index is 1.04. The zero-order chi connectivity index (χ0) is 21.8. The largest absolute Gasteiger partial charge is 0.494 e. The first-order valence-electron chi connectivity index (χ1n) is 12.3. The second kappa shape index (κ2) is 9.95. The van der Waals surface area contributed by atoms with Gasteiger partial charge in [-0.3, -0.25) is 4.79 Å². The van der Waals surface area contributed by atoms with Crippen LogP contribution in [0.2, 0.25) is 0 Å². The summed E-state index contributed by atoms with van der Waals surface area (Å²) in [7, 11) is 0. The number of carbonyl (C=O) groups excluding carboxylic acids is 1. The van der Waals surface area contributed by atoms with Crippen molar-refractivity contribution in [2.45, 2.75) is 25.7 Å². The Labute approximate surface area is 191 Å². The number of anilines is 1. The van der Waals surface area contributed by atoms with Crippen LogP contribution in [0.15, 0.2) is 54.6 Å². The van der Waals surface area contributed by atoms with Crippen LogP contribution in [0.4, 0.5) is 5.69 Å². The molecule has 0 bridgehead atoms. The van der Waals surface area contributed by atoms with Gasteiger partial charge in [0.2, 0.25) is 0 Å². The summed E-state index contributed by atoms with van der Waals surface area (Å²) in [4.78, 5) is 19.8. The van der Waals surface area contributed by atoms with Crippen molar-refractivity contribution in [2.24, 2.45) is 11.8 Å². The van der Waals surface area contributed by atoms with E-state index in [2.05, 4.69) is 34.1 Å². The summed E-state index contributed by atoms with van der Waals surface area (Å²) in [5.74, 6) is 2.89. The van der Waals surface area contributed by atoms with Gasteiger partial charge in [0.15, 0.2) is 0 Å². The molecule has 5 heteroatoms. The maximum absolute atomic E-state index is 12.9. The van der Waals surface area contributed by atoms with Gasteiger partial charge < -0.3 is 19.4 Å². The smallest absolute Gasteiger partial charge is 0.253 e. The number of carbonyl (C=O) groups is 1. The molecule has 1 saturated carbocycles. The van der Waals surface area contributed by atoms with Crippen molar-refractivity contribution >= 4 is 11.6 Å². The molecule has 3 aliphatic rings. The molecule has 2 heterocycles. The number of hydrogen-bond acceptors (Lipinski definition) is 4. The van der Waals surface area contributed by atoms with Gasteiger partial charge in [0.1, 0.15) is 5.75 Å². The third kappa shape index (κ3) is 4.93. The molecule has 2 saturated heterocycles. The SMILES string of the molecule is O=C(c1ccc(OCCCN2CC3CCCC3C2)cc1)N1CCN(c2ccccc2)CC1. The van der Waals surface area contributed by atoms with Crippen molar-refractivity contribution in [3.8, 4) is 5.75 Å². The van der Waals surface area contributed by atoms with Crippen molar-refractivity contribution < 1.29 is 9.53 Å². The fraction of sp³-hybridized carbons (Fsp3) is 0.519. The van der Waals surface area contributed by atoms with Crippen LogP contribution in [0.5, 0.6) is 5.75 Å².